The SMILES string of the molecule is N#CC(Cc1ccc(-c2cnc(Cl)cn2)cc1F)NC(=O)[C@H]1N[C@@H]2CC[C@H]1C2. The van der Waals surface area contributed by atoms with E-state index in [0.717, 1.165) is 19.3 Å². The minimum atomic E-state index is -0.788. The molecule has 0 spiro atoms. The Morgan fingerprint density at radius 2 is 2.25 bits per heavy atom. The number of aromatic nitrogens is 2. The van der Waals surface area contributed by atoms with Gasteiger partial charge in [-0.25, -0.2) is 9.37 Å². The molecule has 4 rings (SSSR count). The molecule has 0 radical (unpaired) electrons. The van der Waals surface area contributed by atoms with Gasteiger partial charge in [-0.3, -0.25) is 9.78 Å². The van der Waals surface area contributed by atoms with Gasteiger partial charge >= 0.3 is 0 Å². The van der Waals surface area contributed by atoms with Gasteiger partial charge in [0.1, 0.15) is 17.0 Å². The molecule has 1 aromatic heterocycles. The van der Waals surface area contributed by atoms with E-state index in [1.165, 1.54) is 18.5 Å². The lowest BCUT2D eigenvalue weighted by atomic mass is 9.98. The monoisotopic (exact) mass is 399 g/mol. The fraction of sp³-hybridized carbons (Fsp3) is 0.400. The van der Waals surface area contributed by atoms with Crippen LogP contribution >= 0.6 is 11.6 Å². The van der Waals surface area contributed by atoms with Gasteiger partial charge in [-0.15, -0.1) is 0 Å². The van der Waals surface area contributed by atoms with Crippen molar-refractivity contribution in [2.45, 2.75) is 43.8 Å². The molecular formula is C20H19ClFN5O. The summed E-state index contributed by atoms with van der Waals surface area (Å²) in [6, 6.07) is 6.10. The summed E-state index contributed by atoms with van der Waals surface area (Å²) in [7, 11) is 0. The van der Waals surface area contributed by atoms with E-state index >= 15 is 0 Å². The van der Waals surface area contributed by atoms with Crippen molar-refractivity contribution in [1.29, 1.82) is 5.26 Å². The summed E-state index contributed by atoms with van der Waals surface area (Å²) >= 11 is 5.72. The van der Waals surface area contributed by atoms with Crippen LogP contribution in [0, 0.1) is 23.1 Å². The van der Waals surface area contributed by atoms with Crippen LogP contribution in [0.25, 0.3) is 11.3 Å². The topological polar surface area (TPSA) is 90.7 Å². The fourth-order valence-corrected chi connectivity index (χ4v) is 4.19. The number of nitrogens with one attached hydrogen (secondary N) is 2. The Kier molecular flexibility index (Phi) is 5.25. The highest BCUT2D eigenvalue weighted by Gasteiger charge is 2.43. The van der Waals surface area contributed by atoms with Gasteiger partial charge in [-0.2, -0.15) is 5.26 Å². The number of rotatable bonds is 5. The molecule has 2 aliphatic rings. The Morgan fingerprint density at radius 1 is 1.39 bits per heavy atom. The number of carbonyl (C=O) groups excluding carboxylic acids is 1. The molecule has 2 bridgehead atoms. The molecule has 1 aliphatic heterocycles. The molecule has 144 valence electrons. The Labute approximate surface area is 167 Å². The number of carbonyl (C=O) groups is 1. The Balaban J connectivity index is 1.42. The maximum absolute atomic E-state index is 14.6. The number of hydrogen-bond acceptors (Lipinski definition) is 5. The van der Waals surface area contributed by atoms with Crippen LogP contribution in [-0.4, -0.2) is 34.0 Å². The van der Waals surface area contributed by atoms with E-state index in [9.17, 15) is 14.4 Å². The van der Waals surface area contributed by atoms with Gasteiger partial charge < -0.3 is 10.6 Å². The van der Waals surface area contributed by atoms with Crippen molar-refractivity contribution in [3.8, 4) is 17.3 Å². The highest BCUT2D eigenvalue weighted by Crippen LogP contribution is 2.35. The van der Waals surface area contributed by atoms with Crippen molar-refractivity contribution < 1.29 is 9.18 Å². The second-order valence-electron chi connectivity index (χ2n) is 7.34. The first kappa shape index (κ1) is 18.8. The quantitative estimate of drug-likeness (QED) is 0.806. The lowest BCUT2D eigenvalue weighted by Gasteiger charge is -2.23. The summed E-state index contributed by atoms with van der Waals surface area (Å²) in [5, 5.41) is 15.7. The lowest BCUT2D eigenvalue weighted by Crippen LogP contribution is -2.50. The van der Waals surface area contributed by atoms with E-state index in [0.29, 0.717) is 28.8 Å². The van der Waals surface area contributed by atoms with Crippen molar-refractivity contribution in [2.24, 2.45) is 5.92 Å². The van der Waals surface area contributed by atoms with Crippen LogP contribution in [0.3, 0.4) is 0 Å². The zero-order chi connectivity index (χ0) is 19.7. The average molecular weight is 400 g/mol. The van der Waals surface area contributed by atoms with Crippen molar-refractivity contribution in [2.75, 3.05) is 0 Å². The Hall–Kier alpha value is -2.56. The van der Waals surface area contributed by atoms with Crippen LogP contribution in [-0.2, 0) is 11.2 Å². The molecule has 2 aromatic rings. The van der Waals surface area contributed by atoms with Crippen LogP contribution in [0.5, 0.6) is 0 Å². The molecule has 28 heavy (non-hydrogen) atoms. The third kappa shape index (κ3) is 3.84. The van der Waals surface area contributed by atoms with E-state index in [1.54, 1.807) is 12.1 Å². The molecule has 1 unspecified atom stereocenters. The third-order valence-corrected chi connectivity index (χ3v) is 5.70. The smallest absolute Gasteiger partial charge is 0.238 e. The minimum Gasteiger partial charge on any atom is -0.339 e. The minimum absolute atomic E-state index is 0.0987. The third-order valence-electron chi connectivity index (χ3n) is 5.51. The Bertz CT molecular complexity index is 929. The van der Waals surface area contributed by atoms with Crippen molar-refractivity contribution >= 4 is 17.5 Å². The number of hydrogen-bond donors (Lipinski definition) is 2. The normalized spacial score (nSPS) is 24.0. The molecule has 2 fully saturated rings. The number of halogens is 2. The maximum Gasteiger partial charge on any atom is 0.238 e. The maximum atomic E-state index is 14.6. The van der Waals surface area contributed by atoms with Crippen molar-refractivity contribution in [3.63, 3.8) is 0 Å². The van der Waals surface area contributed by atoms with Gasteiger partial charge in [-0.1, -0.05) is 23.7 Å². The van der Waals surface area contributed by atoms with Gasteiger partial charge in [0.15, 0.2) is 0 Å². The van der Waals surface area contributed by atoms with Crippen LogP contribution in [0.1, 0.15) is 24.8 Å². The molecule has 2 N–H and O–H groups in total. The largest absolute Gasteiger partial charge is 0.339 e. The van der Waals surface area contributed by atoms with E-state index in [-0.39, 0.29) is 23.5 Å². The molecular weight excluding hydrogens is 381 g/mol. The number of piperidine rings is 1. The number of nitrogens with zero attached hydrogens (tertiary/aromatic N) is 3. The van der Waals surface area contributed by atoms with E-state index in [2.05, 4.69) is 26.7 Å². The van der Waals surface area contributed by atoms with Crippen LogP contribution in [0.15, 0.2) is 30.6 Å². The van der Waals surface area contributed by atoms with Gasteiger partial charge in [0.2, 0.25) is 5.91 Å². The standard InChI is InChI=1S/C20H19ClFN5O/c21-18-10-24-17(9-25-18)12-2-1-11(16(22)7-12)5-15(8-23)27-20(28)19-13-3-4-14(6-13)26-19/h1-2,7,9-10,13-15,19,26H,3-6H2,(H,27,28)/t13-,14+,15?,19-/m0/s1. The van der Waals surface area contributed by atoms with E-state index < -0.39 is 11.9 Å². The summed E-state index contributed by atoms with van der Waals surface area (Å²) in [6.07, 6.45) is 6.12. The van der Waals surface area contributed by atoms with Gasteiger partial charge in [-0.05, 0) is 36.8 Å². The van der Waals surface area contributed by atoms with E-state index in [4.69, 9.17) is 11.6 Å². The zero-order valence-corrected chi connectivity index (χ0v) is 15.8. The average Bonchev–Trinajstić information content (AvgIpc) is 3.33. The Morgan fingerprint density at radius 3 is 2.86 bits per heavy atom. The number of amides is 1. The van der Waals surface area contributed by atoms with Crippen LogP contribution < -0.4 is 10.6 Å². The summed E-state index contributed by atoms with van der Waals surface area (Å²) in [6.45, 7) is 0. The summed E-state index contributed by atoms with van der Waals surface area (Å²) in [4.78, 5) is 20.6. The molecule has 1 saturated carbocycles. The molecule has 2 heterocycles. The van der Waals surface area contributed by atoms with Gasteiger partial charge in [0.05, 0.1) is 30.2 Å². The number of benzene rings is 1. The van der Waals surface area contributed by atoms with Gasteiger partial charge in [0, 0.05) is 18.0 Å². The molecule has 1 amide bonds. The highest BCUT2D eigenvalue weighted by molar-refractivity contribution is 6.29. The summed E-state index contributed by atoms with van der Waals surface area (Å²) < 4.78 is 14.6. The van der Waals surface area contributed by atoms with Gasteiger partial charge in [0.25, 0.3) is 0 Å². The summed E-state index contributed by atoms with van der Waals surface area (Å²) in [5.74, 6) is -0.296. The predicted molar refractivity (Wildman–Crippen MR) is 102 cm³/mol. The fourth-order valence-electron chi connectivity index (χ4n) is 4.09. The first-order chi connectivity index (χ1) is 13.5. The highest BCUT2D eigenvalue weighted by atomic mass is 35.5. The van der Waals surface area contributed by atoms with E-state index in [1.807, 2.05) is 0 Å². The number of nitriles is 1. The van der Waals surface area contributed by atoms with Crippen LogP contribution in [0.2, 0.25) is 5.15 Å². The molecule has 6 nitrogen and oxygen atoms in total. The molecule has 1 saturated heterocycles. The molecule has 4 atom stereocenters. The zero-order valence-electron chi connectivity index (χ0n) is 15.0. The van der Waals surface area contributed by atoms with Crippen molar-refractivity contribution in [1.82, 2.24) is 20.6 Å². The predicted octanol–water partition coefficient (Wildman–Crippen LogP) is 2.63. The number of fused-ring (bicyclic) bond motifs is 2. The second-order valence-corrected chi connectivity index (χ2v) is 7.73. The van der Waals surface area contributed by atoms with Crippen LogP contribution in [0.4, 0.5) is 4.39 Å². The molecule has 8 heteroatoms. The first-order valence-corrected chi connectivity index (χ1v) is 9.63. The second kappa shape index (κ2) is 7.82. The first-order valence-electron chi connectivity index (χ1n) is 9.26. The molecule has 1 aliphatic carbocycles. The summed E-state index contributed by atoms with van der Waals surface area (Å²) in [5.41, 5.74) is 1.43. The molecule has 1 aromatic carbocycles. The van der Waals surface area contributed by atoms with Crippen molar-refractivity contribution in [3.05, 3.63) is 47.1 Å². The lowest BCUT2D eigenvalue weighted by molar-refractivity contribution is -0.124.